The second-order valence-electron chi connectivity index (χ2n) is 5.73. The molecule has 9 nitrogen and oxygen atoms in total. The van der Waals surface area contributed by atoms with E-state index >= 15 is 0 Å². The molecule has 0 saturated carbocycles. The molecule has 0 radical (unpaired) electrons. The van der Waals surface area contributed by atoms with Gasteiger partial charge in [-0.2, -0.15) is 5.10 Å². The maximum atomic E-state index is 13.3. The summed E-state index contributed by atoms with van der Waals surface area (Å²) in [7, 11) is 0. The normalized spacial score (nSPS) is 16.4. The first kappa shape index (κ1) is 17.8. The van der Waals surface area contributed by atoms with E-state index in [0.29, 0.717) is 13.2 Å². The van der Waals surface area contributed by atoms with E-state index < -0.39 is 10.7 Å². The fourth-order valence-electron chi connectivity index (χ4n) is 2.55. The van der Waals surface area contributed by atoms with Crippen LogP contribution in [0, 0.1) is 15.9 Å². The van der Waals surface area contributed by atoms with Crippen molar-refractivity contribution >= 4 is 11.6 Å². The molecule has 2 aromatic rings. The Morgan fingerprint density at radius 1 is 1.50 bits per heavy atom. The molecule has 0 bridgehead atoms. The number of nitro groups is 1. The number of amides is 1. The molecular weight excluding hydrogens is 347 g/mol. The van der Waals surface area contributed by atoms with Crippen LogP contribution in [0.4, 0.5) is 10.1 Å². The predicted octanol–water partition coefficient (Wildman–Crippen LogP) is 1.88. The average Bonchev–Trinajstić information content (AvgIpc) is 3.29. The smallest absolute Gasteiger partial charge is 0.311 e. The van der Waals surface area contributed by atoms with E-state index in [-0.39, 0.29) is 35.9 Å². The highest BCUT2D eigenvalue weighted by atomic mass is 19.1. The lowest BCUT2D eigenvalue weighted by Gasteiger charge is -2.09. The Kier molecular flexibility index (Phi) is 5.42. The van der Waals surface area contributed by atoms with Crippen LogP contribution < -0.4 is 10.1 Å². The van der Waals surface area contributed by atoms with E-state index in [2.05, 4.69) is 10.4 Å². The number of hydrogen-bond acceptors (Lipinski definition) is 6. The number of carbonyl (C=O) groups excluding carboxylic acids is 1. The van der Waals surface area contributed by atoms with Crippen LogP contribution in [-0.2, 0) is 11.5 Å². The maximum Gasteiger partial charge on any atom is 0.311 e. The molecule has 1 saturated heterocycles. The zero-order valence-electron chi connectivity index (χ0n) is 13.8. The fraction of sp³-hybridized carbons (Fsp3) is 0.375. The Bertz CT molecular complexity index is 804. The van der Waals surface area contributed by atoms with Crippen LogP contribution >= 0.6 is 0 Å². The Labute approximate surface area is 147 Å². The summed E-state index contributed by atoms with van der Waals surface area (Å²) in [6, 6.07) is 4.43. The summed E-state index contributed by atoms with van der Waals surface area (Å²) in [5, 5.41) is 17.7. The van der Waals surface area contributed by atoms with Gasteiger partial charge in [0.25, 0.3) is 5.91 Å². The minimum absolute atomic E-state index is 0.0258. The Hall–Kier alpha value is -3.01. The van der Waals surface area contributed by atoms with Gasteiger partial charge in [0, 0.05) is 31.5 Å². The number of aromatic nitrogens is 2. The number of hydrogen-bond donors (Lipinski definition) is 1. The van der Waals surface area contributed by atoms with Gasteiger partial charge < -0.3 is 14.8 Å². The van der Waals surface area contributed by atoms with E-state index in [1.54, 1.807) is 0 Å². The van der Waals surface area contributed by atoms with Gasteiger partial charge in [0.05, 0.1) is 11.0 Å². The van der Waals surface area contributed by atoms with Crippen molar-refractivity contribution in [3.05, 3.63) is 52.1 Å². The van der Waals surface area contributed by atoms with Crippen molar-refractivity contribution in [3.8, 4) is 5.75 Å². The van der Waals surface area contributed by atoms with Gasteiger partial charge in [0.15, 0.2) is 6.73 Å². The van der Waals surface area contributed by atoms with E-state index in [4.69, 9.17) is 9.47 Å². The van der Waals surface area contributed by atoms with E-state index in [0.717, 1.165) is 31.0 Å². The lowest BCUT2D eigenvalue weighted by Crippen LogP contribution is -2.32. The lowest BCUT2D eigenvalue weighted by molar-refractivity contribution is -0.386. The monoisotopic (exact) mass is 364 g/mol. The minimum atomic E-state index is -0.665. The van der Waals surface area contributed by atoms with Crippen LogP contribution in [0.25, 0.3) is 0 Å². The predicted molar refractivity (Wildman–Crippen MR) is 87.2 cm³/mol. The van der Waals surface area contributed by atoms with Gasteiger partial charge in [0.2, 0.25) is 5.75 Å². The molecule has 1 aliphatic rings. The summed E-state index contributed by atoms with van der Waals surface area (Å²) in [6.45, 7) is 0.916. The van der Waals surface area contributed by atoms with Crippen molar-refractivity contribution < 1.29 is 23.6 Å². The van der Waals surface area contributed by atoms with Gasteiger partial charge in [-0.25, -0.2) is 9.07 Å². The summed E-state index contributed by atoms with van der Waals surface area (Å²) in [5.41, 5.74) is -0.173. The van der Waals surface area contributed by atoms with Crippen LogP contribution in [0.5, 0.6) is 5.75 Å². The summed E-state index contributed by atoms with van der Waals surface area (Å²) in [6.07, 6.45) is 3.41. The van der Waals surface area contributed by atoms with E-state index in [9.17, 15) is 19.3 Å². The molecule has 1 aromatic carbocycles. The van der Waals surface area contributed by atoms with Crippen LogP contribution in [0.3, 0.4) is 0 Å². The Morgan fingerprint density at radius 3 is 3.08 bits per heavy atom. The Morgan fingerprint density at radius 2 is 2.35 bits per heavy atom. The van der Waals surface area contributed by atoms with Gasteiger partial charge in [-0.05, 0) is 25.0 Å². The molecule has 1 amide bonds. The largest absolute Gasteiger partial charge is 0.464 e. The number of rotatable bonds is 7. The van der Waals surface area contributed by atoms with Crippen molar-refractivity contribution in [2.24, 2.45) is 0 Å². The quantitative estimate of drug-likeness (QED) is 0.593. The van der Waals surface area contributed by atoms with Crippen molar-refractivity contribution in [2.45, 2.75) is 25.7 Å². The molecule has 1 aliphatic heterocycles. The van der Waals surface area contributed by atoms with Crippen LogP contribution in [0.1, 0.15) is 23.3 Å². The molecule has 1 fully saturated rings. The lowest BCUT2D eigenvalue weighted by atomic mass is 10.2. The van der Waals surface area contributed by atoms with Gasteiger partial charge in [-0.3, -0.25) is 14.9 Å². The molecule has 138 valence electrons. The summed E-state index contributed by atoms with van der Waals surface area (Å²) < 4.78 is 25.3. The fourth-order valence-corrected chi connectivity index (χ4v) is 2.55. The number of benzene rings is 1. The second-order valence-corrected chi connectivity index (χ2v) is 5.73. The van der Waals surface area contributed by atoms with Crippen LogP contribution in [0.15, 0.2) is 30.5 Å². The van der Waals surface area contributed by atoms with Crippen molar-refractivity contribution in [3.63, 3.8) is 0 Å². The first-order chi connectivity index (χ1) is 12.5. The molecule has 1 aromatic heterocycles. The summed E-state index contributed by atoms with van der Waals surface area (Å²) in [4.78, 5) is 22.3. The third-order valence-corrected chi connectivity index (χ3v) is 3.86. The summed E-state index contributed by atoms with van der Waals surface area (Å²) in [5.74, 6) is -1.22. The van der Waals surface area contributed by atoms with Gasteiger partial charge in [0.1, 0.15) is 11.5 Å². The molecule has 2 heterocycles. The highest BCUT2D eigenvalue weighted by molar-refractivity contribution is 5.92. The number of nitrogens with one attached hydrogen (secondary N) is 1. The van der Waals surface area contributed by atoms with Crippen LogP contribution in [0.2, 0.25) is 0 Å². The molecule has 0 spiro atoms. The second kappa shape index (κ2) is 7.91. The van der Waals surface area contributed by atoms with Crippen molar-refractivity contribution in [2.75, 3.05) is 13.2 Å². The SMILES string of the molecule is O=C(NCC1CCCO1)c1ccn(COc2cc(F)ccc2[N+](=O)[O-])n1. The molecular formula is C16H17FN4O5. The third-order valence-electron chi connectivity index (χ3n) is 3.86. The highest BCUT2D eigenvalue weighted by Gasteiger charge is 2.18. The number of halogens is 1. The number of nitro benzene ring substituents is 1. The van der Waals surface area contributed by atoms with E-state index in [1.807, 2.05) is 0 Å². The van der Waals surface area contributed by atoms with Crippen molar-refractivity contribution in [1.29, 1.82) is 0 Å². The maximum absolute atomic E-state index is 13.3. The molecule has 1 N–H and O–H groups in total. The summed E-state index contributed by atoms with van der Waals surface area (Å²) >= 11 is 0. The molecule has 3 rings (SSSR count). The standard InChI is InChI=1S/C16H17FN4O5/c17-11-3-4-14(21(23)24)15(8-11)26-10-20-6-5-13(19-20)16(22)18-9-12-2-1-7-25-12/h3-6,8,12H,1-2,7,9-10H2,(H,18,22). The van der Waals surface area contributed by atoms with Gasteiger partial charge >= 0.3 is 5.69 Å². The minimum Gasteiger partial charge on any atom is -0.464 e. The first-order valence-corrected chi connectivity index (χ1v) is 8.03. The highest BCUT2D eigenvalue weighted by Crippen LogP contribution is 2.27. The molecule has 10 heteroatoms. The number of ether oxygens (including phenoxy) is 2. The average molecular weight is 364 g/mol. The zero-order chi connectivity index (χ0) is 18.5. The molecule has 1 unspecified atom stereocenters. The number of carbonyl (C=O) groups is 1. The van der Waals surface area contributed by atoms with Gasteiger partial charge in [-0.15, -0.1) is 0 Å². The topological polar surface area (TPSA) is 109 Å². The number of nitrogens with zero attached hydrogens (tertiary/aromatic N) is 3. The van der Waals surface area contributed by atoms with Gasteiger partial charge in [-0.1, -0.05) is 0 Å². The van der Waals surface area contributed by atoms with E-state index in [1.165, 1.54) is 16.9 Å². The zero-order valence-corrected chi connectivity index (χ0v) is 13.8. The van der Waals surface area contributed by atoms with Crippen LogP contribution in [-0.4, -0.2) is 39.9 Å². The molecule has 1 atom stereocenters. The molecule has 26 heavy (non-hydrogen) atoms. The van der Waals surface area contributed by atoms with Crippen molar-refractivity contribution in [1.82, 2.24) is 15.1 Å². The third kappa shape index (κ3) is 4.33. The Balaban J connectivity index is 1.57. The molecule has 0 aliphatic carbocycles. The first-order valence-electron chi connectivity index (χ1n) is 8.03.